The van der Waals surface area contributed by atoms with E-state index in [1.807, 2.05) is 0 Å². The quantitative estimate of drug-likeness (QED) is 0.106. The molecule has 15 aromatic carbocycles. The summed E-state index contributed by atoms with van der Waals surface area (Å²) < 4.78 is 0. The molecule has 3 heterocycles. The molecule has 16 aromatic rings. The first kappa shape index (κ1) is 59.6. The summed E-state index contributed by atoms with van der Waals surface area (Å²) in [7, 11) is 0. The van der Waals surface area contributed by atoms with Gasteiger partial charge in [0.1, 0.15) is 0 Å². The van der Waals surface area contributed by atoms with Crippen molar-refractivity contribution in [3.63, 3.8) is 0 Å². The normalized spacial score (nSPS) is 12.7. The molecule has 470 valence electrons. The highest BCUT2D eigenvalue weighted by atomic mass is 15.2. The summed E-state index contributed by atoms with van der Waals surface area (Å²) in [5.74, 6) is 0. The maximum Gasteiger partial charge on any atom is 0.252 e. The van der Waals surface area contributed by atoms with Crippen LogP contribution in [0.2, 0.25) is 0 Å². The van der Waals surface area contributed by atoms with Gasteiger partial charge in [0.15, 0.2) is 0 Å². The summed E-state index contributed by atoms with van der Waals surface area (Å²) in [6, 6.07) is 123. The van der Waals surface area contributed by atoms with Crippen molar-refractivity contribution in [1.29, 1.82) is 0 Å². The number of hydrogen-bond donors (Lipinski definition) is 0. The fraction of sp³-hybridized carbons (Fsp3) is 0.0842. The van der Waals surface area contributed by atoms with Gasteiger partial charge >= 0.3 is 0 Å². The lowest BCUT2D eigenvalue weighted by atomic mass is 9.33. The molecule has 99 heavy (non-hydrogen) atoms. The summed E-state index contributed by atoms with van der Waals surface area (Å²) in [5.41, 5.74) is 28.2. The topological polar surface area (TPSA) is 19.4 Å². The highest BCUT2D eigenvalue weighted by Crippen LogP contribution is 2.50. The van der Waals surface area contributed by atoms with Crippen LogP contribution in [0.3, 0.4) is 0 Å². The smallest absolute Gasteiger partial charge is 0.252 e. The van der Waals surface area contributed by atoms with Crippen LogP contribution in [0.5, 0.6) is 0 Å². The van der Waals surface area contributed by atoms with Crippen LogP contribution in [0.4, 0.5) is 34.1 Å². The molecule has 0 fully saturated rings. The van der Waals surface area contributed by atoms with Gasteiger partial charge in [-0.2, -0.15) is 0 Å². The largest absolute Gasteiger partial charge is 0.311 e. The zero-order valence-corrected chi connectivity index (χ0v) is 56.6. The second kappa shape index (κ2) is 23.5. The summed E-state index contributed by atoms with van der Waals surface area (Å²) in [5, 5.41) is 9.76. The zero-order valence-electron chi connectivity index (χ0n) is 56.6. The number of hydrogen-bond acceptors (Lipinski definition) is 3. The third-order valence-electron chi connectivity index (χ3n) is 20.7. The molecule has 0 aliphatic carbocycles. The Hall–Kier alpha value is -11.8. The van der Waals surface area contributed by atoms with Gasteiger partial charge in [0, 0.05) is 45.3 Å². The third kappa shape index (κ3) is 10.8. The van der Waals surface area contributed by atoms with Gasteiger partial charge in [-0.15, -0.1) is 0 Å². The Morgan fingerprint density at radius 1 is 0.232 bits per heavy atom. The SMILES string of the molecule is CC(C)(C)c1ccc(N2c3cc4cc5ccccc5cc4cc3B3c4cc5cc6ccccc6cc5cc4N(c4ccc(C(C)(C)C)cc4)c4cc(-c5cc(-c6cc(-c7ccccc7)cc(-c7ccccc7)c6)nc(-c6cc(-c7ccccc7)cc(-c7ccccc7)c6)c5)cc2c43)cc1. The molecule has 0 N–H and O–H groups in total. The van der Waals surface area contributed by atoms with Crippen molar-refractivity contribution in [2.75, 3.05) is 9.80 Å². The van der Waals surface area contributed by atoms with Crippen LogP contribution in [-0.2, 0) is 10.8 Å². The molecule has 0 saturated heterocycles. The lowest BCUT2D eigenvalue weighted by Gasteiger charge is -2.45. The van der Waals surface area contributed by atoms with Gasteiger partial charge in [-0.1, -0.05) is 248 Å². The number of nitrogens with zero attached hydrogens (tertiary/aromatic N) is 3. The van der Waals surface area contributed by atoms with Crippen LogP contribution in [0, 0.1) is 0 Å². The van der Waals surface area contributed by atoms with Gasteiger partial charge in [-0.25, -0.2) is 4.98 Å². The molecule has 0 atom stereocenters. The lowest BCUT2D eigenvalue weighted by molar-refractivity contribution is 0.590. The van der Waals surface area contributed by atoms with Crippen LogP contribution in [0.1, 0.15) is 52.7 Å². The maximum absolute atomic E-state index is 5.91. The predicted octanol–water partition coefficient (Wildman–Crippen LogP) is 24.0. The van der Waals surface area contributed by atoms with Gasteiger partial charge in [-0.05, 0) is 258 Å². The summed E-state index contributed by atoms with van der Waals surface area (Å²) >= 11 is 0. The van der Waals surface area contributed by atoms with Crippen LogP contribution >= 0.6 is 0 Å². The van der Waals surface area contributed by atoms with Crippen molar-refractivity contribution in [1.82, 2.24) is 4.98 Å². The van der Waals surface area contributed by atoms with Crippen molar-refractivity contribution >= 4 is 100 Å². The number of anilines is 6. The number of fused-ring (bicyclic) bond motifs is 8. The average Bonchev–Trinajstić information content (AvgIpc) is 0.690. The van der Waals surface area contributed by atoms with E-state index in [0.29, 0.717) is 0 Å². The van der Waals surface area contributed by atoms with E-state index in [2.05, 4.69) is 379 Å². The summed E-state index contributed by atoms with van der Waals surface area (Å²) in [4.78, 5) is 11.1. The predicted molar refractivity (Wildman–Crippen MR) is 424 cm³/mol. The summed E-state index contributed by atoms with van der Waals surface area (Å²) in [6.45, 7) is 13.7. The monoisotopic (exact) mass is 1270 g/mol. The highest BCUT2D eigenvalue weighted by molar-refractivity contribution is 7.00. The molecule has 2 aliphatic rings. The van der Waals surface area contributed by atoms with E-state index in [4.69, 9.17) is 4.98 Å². The third-order valence-corrected chi connectivity index (χ3v) is 20.7. The molecule has 0 bridgehead atoms. The molecule has 0 amide bonds. The molecule has 1 aromatic heterocycles. The Morgan fingerprint density at radius 2 is 0.515 bits per heavy atom. The van der Waals surface area contributed by atoms with Gasteiger partial charge < -0.3 is 9.80 Å². The summed E-state index contributed by atoms with van der Waals surface area (Å²) in [6.07, 6.45) is 0. The van der Waals surface area contributed by atoms with Crippen molar-refractivity contribution < 1.29 is 0 Å². The second-order valence-electron chi connectivity index (χ2n) is 29.2. The Morgan fingerprint density at radius 3 is 0.838 bits per heavy atom. The zero-order chi connectivity index (χ0) is 66.7. The molecule has 3 nitrogen and oxygen atoms in total. The molecule has 0 unspecified atom stereocenters. The van der Waals surface area contributed by atoms with Crippen molar-refractivity contribution in [2.24, 2.45) is 0 Å². The van der Waals surface area contributed by atoms with E-state index in [1.165, 1.54) is 82.0 Å². The highest BCUT2D eigenvalue weighted by Gasteiger charge is 2.44. The first-order valence-electron chi connectivity index (χ1n) is 34.7. The standard InChI is InChI=1S/C95H72BN3/c1-94(2,3)81-35-39-83(40-36-81)98-89-57-75-45-67-33-21-19-31-65(67)43-73(75)53-85(89)96-86-54-74-44-66-32-20-22-34-68(66)46-76(74)58-90(86)99(84-41-37-82(38-42-84)95(4,5)6)92-60-78(59-91(98)93(92)96)77-55-87(79-49-69(61-23-11-7-12-24-61)47-70(50-79)62-25-13-8-14-26-62)97-88(56-77)80-51-71(63-27-15-9-16-28-63)48-72(52-80)64-29-17-10-18-30-64/h7-60H,1-6H3. The molecule has 0 radical (unpaired) electrons. The Bertz CT molecular complexity index is 5380. The molecule has 18 rings (SSSR count). The van der Waals surface area contributed by atoms with Crippen LogP contribution < -0.4 is 26.2 Å². The number of aromatic nitrogens is 1. The fourth-order valence-electron chi connectivity index (χ4n) is 15.5. The minimum absolute atomic E-state index is 0.0532. The van der Waals surface area contributed by atoms with Gasteiger partial charge in [-0.3, -0.25) is 0 Å². The molecular formula is C95H72BN3. The van der Waals surface area contributed by atoms with E-state index in [9.17, 15) is 0 Å². The van der Waals surface area contributed by atoms with Crippen molar-refractivity contribution in [3.05, 3.63) is 339 Å². The van der Waals surface area contributed by atoms with Crippen molar-refractivity contribution in [2.45, 2.75) is 52.4 Å². The Balaban J connectivity index is 0.967. The molecule has 2 aliphatic heterocycles. The average molecular weight is 1270 g/mol. The van der Waals surface area contributed by atoms with Crippen LogP contribution in [-0.4, -0.2) is 11.7 Å². The number of benzene rings is 15. The molecule has 4 heteroatoms. The van der Waals surface area contributed by atoms with E-state index in [-0.39, 0.29) is 17.5 Å². The molecule has 0 saturated carbocycles. The lowest BCUT2D eigenvalue weighted by Crippen LogP contribution is -2.61. The van der Waals surface area contributed by atoms with E-state index in [0.717, 1.165) is 101 Å². The van der Waals surface area contributed by atoms with Crippen LogP contribution in [0.25, 0.3) is 121 Å². The van der Waals surface area contributed by atoms with Gasteiger partial charge in [0.05, 0.1) is 11.4 Å². The molecule has 0 spiro atoms. The maximum atomic E-state index is 5.91. The van der Waals surface area contributed by atoms with Gasteiger partial charge in [0.2, 0.25) is 0 Å². The minimum Gasteiger partial charge on any atom is -0.311 e. The van der Waals surface area contributed by atoms with E-state index >= 15 is 0 Å². The van der Waals surface area contributed by atoms with Crippen LogP contribution in [0.15, 0.2) is 328 Å². The Labute approximate surface area is 580 Å². The van der Waals surface area contributed by atoms with Crippen molar-refractivity contribution in [3.8, 4) is 78.1 Å². The Kier molecular flexibility index (Phi) is 14.1. The van der Waals surface area contributed by atoms with E-state index in [1.54, 1.807) is 0 Å². The van der Waals surface area contributed by atoms with Gasteiger partial charge in [0.25, 0.3) is 6.71 Å². The van der Waals surface area contributed by atoms with E-state index < -0.39 is 0 Å². The second-order valence-corrected chi connectivity index (χ2v) is 29.2. The fourth-order valence-corrected chi connectivity index (χ4v) is 15.5. The minimum atomic E-state index is -0.159. The number of rotatable bonds is 9. The molecular weight excluding hydrogens is 1190 g/mol. The number of pyridine rings is 1. The first-order chi connectivity index (χ1) is 48.3. The first-order valence-corrected chi connectivity index (χ1v) is 34.7.